The van der Waals surface area contributed by atoms with Crippen molar-refractivity contribution in [1.29, 1.82) is 0 Å². The second-order valence-electron chi connectivity index (χ2n) is 6.93. The molecule has 0 saturated heterocycles. The molecule has 2 fully saturated rings. The summed E-state index contributed by atoms with van der Waals surface area (Å²) in [6.45, 7) is 9.40. The van der Waals surface area contributed by atoms with Crippen LogP contribution in [0.15, 0.2) is 0 Å². The van der Waals surface area contributed by atoms with Crippen molar-refractivity contribution in [3.05, 3.63) is 0 Å². The smallest absolute Gasteiger partial charge is 0.0391 e. The van der Waals surface area contributed by atoms with E-state index >= 15 is 0 Å². The van der Waals surface area contributed by atoms with E-state index in [1.54, 1.807) is 0 Å². The topological polar surface area (TPSA) is 0 Å². The molecule has 0 N–H and O–H groups in total. The number of hydrogen-bond acceptors (Lipinski definition) is 0. The van der Waals surface area contributed by atoms with Gasteiger partial charge < -0.3 is 0 Å². The van der Waals surface area contributed by atoms with Gasteiger partial charge in [-0.1, -0.05) is 85.5 Å². The molecule has 0 heterocycles. The molecular weight excluding hydrogens is 204 g/mol. The van der Waals surface area contributed by atoms with Crippen molar-refractivity contribution in [3.8, 4) is 0 Å². The van der Waals surface area contributed by atoms with Crippen molar-refractivity contribution in [2.45, 2.75) is 85.5 Å². The van der Waals surface area contributed by atoms with E-state index in [9.17, 15) is 0 Å². The molecule has 0 nitrogen and oxygen atoms in total. The maximum absolute atomic E-state index is 2.36. The van der Waals surface area contributed by atoms with Crippen LogP contribution in [-0.4, -0.2) is 0 Å². The van der Waals surface area contributed by atoms with E-state index in [4.69, 9.17) is 0 Å². The molecule has 0 atom stereocenters. The molecule has 0 amide bonds. The van der Waals surface area contributed by atoms with Crippen LogP contribution in [0.3, 0.4) is 0 Å². The van der Waals surface area contributed by atoms with Crippen LogP contribution in [0.2, 0.25) is 0 Å². The molecule has 0 aromatic carbocycles. The average molecular weight is 238 g/mol. The van der Waals surface area contributed by atoms with Gasteiger partial charge in [-0.3, -0.25) is 0 Å². The molecule has 0 heteroatoms. The van der Waals surface area contributed by atoms with Crippen molar-refractivity contribution >= 4 is 0 Å². The summed E-state index contributed by atoms with van der Waals surface area (Å²) >= 11 is 0. The molecule has 0 aromatic heterocycles. The quantitative estimate of drug-likeness (QED) is 0.549. The largest absolute Gasteiger partial charge is 0.0625 e. The Balaban J connectivity index is 0.000000171. The van der Waals surface area contributed by atoms with Gasteiger partial charge in [-0.15, -0.1) is 0 Å². The molecule has 0 radical (unpaired) electrons. The third-order valence-electron chi connectivity index (χ3n) is 4.94. The zero-order chi connectivity index (χ0) is 12.7. The molecule has 2 rings (SSSR count). The Morgan fingerprint density at radius 1 is 0.529 bits per heavy atom. The standard InChI is InChI=1S/C9H18.C8H16/c1-8(2)9-6-4-3-5-7-9;1-7(2)8-5-3-4-6-8/h8-9H,3-7H2,1-2H3;7-8H,3-6H2,1-2H3. The first kappa shape index (κ1) is 15.1. The minimum Gasteiger partial charge on any atom is -0.0625 e. The molecule has 2 saturated carbocycles. The Labute approximate surface area is 110 Å². The minimum absolute atomic E-state index is 0.935. The van der Waals surface area contributed by atoms with Crippen LogP contribution < -0.4 is 0 Å². The number of rotatable bonds is 2. The van der Waals surface area contributed by atoms with Gasteiger partial charge in [-0.25, -0.2) is 0 Å². The molecule has 0 aromatic rings. The lowest BCUT2D eigenvalue weighted by Crippen LogP contribution is -2.12. The van der Waals surface area contributed by atoms with Crippen molar-refractivity contribution in [1.82, 2.24) is 0 Å². The highest BCUT2D eigenvalue weighted by molar-refractivity contribution is 4.69. The zero-order valence-corrected chi connectivity index (χ0v) is 12.7. The fraction of sp³-hybridized carbons (Fsp3) is 1.00. The van der Waals surface area contributed by atoms with E-state index in [0.29, 0.717) is 0 Å². The van der Waals surface area contributed by atoms with Crippen molar-refractivity contribution in [2.75, 3.05) is 0 Å². The summed E-state index contributed by atoms with van der Waals surface area (Å²) in [6, 6.07) is 0. The monoisotopic (exact) mass is 238 g/mol. The first-order valence-corrected chi connectivity index (χ1v) is 8.11. The average Bonchev–Trinajstić information content (AvgIpc) is 2.84. The van der Waals surface area contributed by atoms with Crippen LogP contribution in [0.4, 0.5) is 0 Å². The van der Waals surface area contributed by atoms with E-state index in [-0.39, 0.29) is 0 Å². The molecule has 102 valence electrons. The SMILES string of the molecule is CC(C)C1CCCC1.CC(C)C1CCCCC1. The first-order chi connectivity index (χ1) is 8.11. The normalized spacial score (nSPS) is 22.9. The van der Waals surface area contributed by atoms with Gasteiger partial charge in [0.05, 0.1) is 0 Å². The van der Waals surface area contributed by atoms with Crippen molar-refractivity contribution in [2.24, 2.45) is 23.7 Å². The van der Waals surface area contributed by atoms with Crippen LogP contribution in [-0.2, 0) is 0 Å². The lowest BCUT2D eigenvalue weighted by atomic mass is 9.82. The predicted molar refractivity (Wildman–Crippen MR) is 78.2 cm³/mol. The lowest BCUT2D eigenvalue weighted by Gasteiger charge is -2.24. The van der Waals surface area contributed by atoms with Crippen LogP contribution >= 0.6 is 0 Å². The molecule has 2 aliphatic carbocycles. The van der Waals surface area contributed by atoms with Crippen molar-refractivity contribution in [3.63, 3.8) is 0 Å². The summed E-state index contributed by atoms with van der Waals surface area (Å²) in [4.78, 5) is 0. The summed E-state index contributed by atoms with van der Waals surface area (Å²) in [6.07, 6.45) is 13.4. The summed E-state index contributed by atoms with van der Waals surface area (Å²) in [5.74, 6) is 4.00. The predicted octanol–water partition coefficient (Wildman–Crippen LogP) is 6.06. The maximum atomic E-state index is 2.36. The van der Waals surface area contributed by atoms with Crippen LogP contribution in [0.5, 0.6) is 0 Å². The fourth-order valence-electron chi connectivity index (χ4n) is 3.42. The van der Waals surface area contributed by atoms with Gasteiger partial charge in [0.1, 0.15) is 0 Å². The highest BCUT2D eigenvalue weighted by atomic mass is 14.2. The summed E-state index contributed by atoms with van der Waals surface area (Å²) in [5.41, 5.74) is 0. The maximum Gasteiger partial charge on any atom is -0.0391 e. The van der Waals surface area contributed by atoms with Crippen molar-refractivity contribution < 1.29 is 0 Å². The van der Waals surface area contributed by atoms with Crippen LogP contribution in [0.1, 0.15) is 85.5 Å². The van der Waals surface area contributed by atoms with E-state index in [2.05, 4.69) is 27.7 Å². The van der Waals surface area contributed by atoms with Crippen LogP contribution in [0.25, 0.3) is 0 Å². The highest BCUT2D eigenvalue weighted by Crippen LogP contribution is 2.30. The third-order valence-corrected chi connectivity index (χ3v) is 4.94. The molecular formula is C17H34. The Morgan fingerprint density at radius 3 is 1.06 bits per heavy atom. The lowest BCUT2D eigenvalue weighted by molar-refractivity contribution is 0.279. The molecule has 0 spiro atoms. The van der Waals surface area contributed by atoms with Gasteiger partial charge in [0.25, 0.3) is 0 Å². The second kappa shape index (κ2) is 8.16. The Hall–Kier alpha value is 0. The molecule has 2 aliphatic rings. The van der Waals surface area contributed by atoms with E-state index in [1.807, 2.05) is 0 Å². The van der Waals surface area contributed by atoms with Gasteiger partial charge in [0.15, 0.2) is 0 Å². The molecule has 17 heavy (non-hydrogen) atoms. The minimum atomic E-state index is 0.935. The van der Waals surface area contributed by atoms with Gasteiger partial charge in [-0.05, 0) is 23.7 Å². The van der Waals surface area contributed by atoms with E-state index < -0.39 is 0 Å². The summed E-state index contributed by atoms with van der Waals surface area (Å²) < 4.78 is 0. The zero-order valence-electron chi connectivity index (χ0n) is 12.7. The summed E-state index contributed by atoms with van der Waals surface area (Å²) in [5, 5.41) is 0. The first-order valence-electron chi connectivity index (χ1n) is 8.11. The Bertz CT molecular complexity index is 168. The fourth-order valence-corrected chi connectivity index (χ4v) is 3.42. The molecule has 0 bridgehead atoms. The second-order valence-corrected chi connectivity index (χ2v) is 6.93. The molecule has 0 unspecified atom stereocenters. The molecule has 0 aliphatic heterocycles. The highest BCUT2D eigenvalue weighted by Gasteiger charge is 2.17. The van der Waals surface area contributed by atoms with E-state index in [0.717, 1.165) is 23.7 Å². The Kier molecular flexibility index (Phi) is 7.23. The third kappa shape index (κ3) is 5.93. The van der Waals surface area contributed by atoms with Crippen LogP contribution in [0, 0.1) is 23.7 Å². The van der Waals surface area contributed by atoms with Gasteiger partial charge in [-0.2, -0.15) is 0 Å². The summed E-state index contributed by atoms with van der Waals surface area (Å²) in [7, 11) is 0. The van der Waals surface area contributed by atoms with Gasteiger partial charge in [0.2, 0.25) is 0 Å². The van der Waals surface area contributed by atoms with E-state index in [1.165, 1.54) is 57.8 Å². The Morgan fingerprint density at radius 2 is 0.824 bits per heavy atom. The number of hydrogen-bond donors (Lipinski definition) is 0. The van der Waals surface area contributed by atoms with Gasteiger partial charge >= 0.3 is 0 Å². The van der Waals surface area contributed by atoms with Gasteiger partial charge in [0, 0.05) is 0 Å².